The van der Waals surface area contributed by atoms with E-state index in [1.807, 2.05) is 4.90 Å². The fourth-order valence-electron chi connectivity index (χ4n) is 5.22. The Kier molecular flexibility index (Phi) is 7.20. The summed E-state index contributed by atoms with van der Waals surface area (Å²) in [5.74, 6) is 0.0322. The molecule has 0 aliphatic carbocycles. The molecule has 0 saturated carbocycles. The molecule has 3 fully saturated rings. The lowest BCUT2D eigenvalue weighted by atomic mass is 10.0. The number of carbonyl (C=O) groups excluding carboxylic acids is 2. The number of hydrogen-bond acceptors (Lipinski definition) is 5. The van der Waals surface area contributed by atoms with Gasteiger partial charge in [-0.15, -0.1) is 0 Å². The predicted octanol–water partition coefficient (Wildman–Crippen LogP) is 1.27. The second-order valence-corrected chi connectivity index (χ2v) is 8.93. The van der Waals surface area contributed by atoms with Gasteiger partial charge >= 0.3 is 0 Å². The van der Waals surface area contributed by atoms with Crippen LogP contribution in [0.2, 0.25) is 0 Å². The van der Waals surface area contributed by atoms with Crippen LogP contribution in [0.3, 0.4) is 0 Å². The summed E-state index contributed by atoms with van der Waals surface area (Å²) in [5, 5.41) is 6.54. The van der Waals surface area contributed by atoms with Gasteiger partial charge in [0.25, 0.3) is 0 Å². The number of halogens is 1. The molecule has 0 aromatic heterocycles. The van der Waals surface area contributed by atoms with E-state index >= 15 is 0 Å². The summed E-state index contributed by atoms with van der Waals surface area (Å²) in [6, 6.07) is 6.91. The zero-order chi connectivity index (χ0) is 21.8. The maximum absolute atomic E-state index is 13.1. The molecule has 4 rings (SSSR count). The van der Waals surface area contributed by atoms with Gasteiger partial charge in [-0.1, -0.05) is 12.1 Å². The SMILES string of the molecule is COC[C@@H]1CCCN1C(=O)CC[C@H]1CNC(=O)[C@H]2C[C@H](NCc3ccc(F)cc3)CN12. The Hall–Kier alpha value is -2.03. The minimum absolute atomic E-state index is 0.0772. The maximum Gasteiger partial charge on any atom is 0.237 e. The number of methoxy groups -OCH3 is 1. The summed E-state index contributed by atoms with van der Waals surface area (Å²) in [6.45, 7) is 3.44. The average Bonchev–Trinajstić information content (AvgIpc) is 3.41. The molecule has 2 N–H and O–H groups in total. The number of hydrogen-bond donors (Lipinski definition) is 2. The molecule has 0 spiro atoms. The van der Waals surface area contributed by atoms with Crippen LogP contribution in [0.4, 0.5) is 4.39 Å². The van der Waals surface area contributed by atoms with Crippen molar-refractivity contribution in [2.45, 2.75) is 62.8 Å². The van der Waals surface area contributed by atoms with Crippen LogP contribution in [0.1, 0.15) is 37.7 Å². The van der Waals surface area contributed by atoms with Crippen LogP contribution in [0.25, 0.3) is 0 Å². The van der Waals surface area contributed by atoms with E-state index in [0.717, 1.165) is 44.3 Å². The number of nitrogens with one attached hydrogen (secondary N) is 2. The number of likely N-dealkylation sites (tertiary alicyclic amines) is 1. The highest BCUT2D eigenvalue weighted by Crippen LogP contribution is 2.27. The highest BCUT2D eigenvalue weighted by atomic mass is 19.1. The van der Waals surface area contributed by atoms with Crippen molar-refractivity contribution in [2.75, 3.05) is 33.4 Å². The molecule has 3 aliphatic rings. The first kappa shape index (κ1) is 22.2. The zero-order valence-electron chi connectivity index (χ0n) is 18.2. The maximum atomic E-state index is 13.1. The number of ether oxygens (including phenoxy) is 1. The molecule has 1 aromatic rings. The number of rotatable bonds is 8. The second kappa shape index (κ2) is 10.1. The molecule has 0 unspecified atom stereocenters. The second-order valence-electron chi connectivity index (χ2n) is 8.93. The Balaban J connectivity index is 1.30. The number of nitrogens with zero attached hydrogens (tertiary/aromatic N) is 2. The van der Waals surface area contributed by atoms with Gasteiger partial charge in [0.1, 0.15) is 5.82 Å². The zero-order valence-corrected chi connectivity index (χ0v) is 18.2. The number of carbonyl (C=O) groups is 2. The van der Waals surface area contributed by atoms with Crippen LogP contribution < -0.4 is 10.6 Å². The summed E-state index contributed by atoms with van der Waals surface area (Å²) in [7, 11) is 1.68. The summed E-state index contributed by atoms with van der Waals surface area (Å²) >= 11 is 0. The smallest absolute Gasteiger partial charge is 0.237 e. The van der Waals surface area contributed by atoms with Gasteiger partial charge < -0.3 is 20.3 Å². The fourth-order valence-corrected chi connectivity index (χ4v) is 5.22. The topological polar surface area (TPSA) is 73.9 Å². The van der Waals surface area contributed by atoms with Gasteiger partial charge in [0.05, 0.1) is 18.7 Å². The van der Waals surface area contributed by atoms with Gasteiger partial charge in [-0.25, -0.2) is 4.39 Å². The molecule has 0 bridgehead atoms. The van der Waals surface area contributed by atoms with Crippen LogP contribution in [0.5, 0.6) is 0 Å². The van der Waals surface area contributed by atoms with E-state index in [9.17, 15) is 14.0 Å². The average molecular weight is 433 g/mol. The molecule has 3 aliphatic heterocycles. The quantitative estimate of drug-likeness (QED) is 0.647. The molecule has 4 atom stereocenters. The van der Waals surface area contributed by atoms with E-state index in [0.29, 0.717) is 26.1 Å². The van der Waals surface area contributed by atoms with Gasteiger partial charge in [-0.3, -0.25) is 14.5 Å². The van der Waals surface area contributed by atoms with Gasteiger partial charge in [0.15, 0.2) is 0 Å². The first-order valence-corrected chi connectivity index (χ1v) is 11.3. The lowest BCUT2D eigenvalue weighted by Crippen LogP contribution is -2.58. The number of fused-ring (bicyclic) bond motifs is 1. The minimum atomic E-state index is -0.238. The van der Waals surface area contributed by atoms with Crippen LogP contribution >= 0.6 is 0 Å². The minimum Gasteiger partial charge on any atom is -0.383 e. The van der Waals surface area contributed by atoms with Gasteiger partial charge in [0, 0.05) is 51.8 Å². The van der Waals surface area contributed by atoms with E-state index < -0.39 is 0 Å². The highest BCUT2D eigenvalue weighted by Gasteiger charge is 2.43. The Bertz CT molecular complexity index is 775. The summed E-state index contributed by atoms with van der Waals surface area (Å²) in [4.78, 5) is 29.5. The van der Waals surface area contributed by atoms with Crippen LogP contribution in [-0.4, -0.2) is 79.1 Å². The van der Waals surface area contributed by atoms with E-state index in [2.05, 4.69) is 15.5 Å². The van der Waals surface area contributed by atoms with Crippen LogP contribution in [0, 0.1) is 5.82 Å². The first-order valence-electron chi connectivity index (χ1n) is 11.3. The standard InChI is InChI=1S/C23H33FN4O3/c1-31-15-20-3-2-10-27(20)22(29)9-8-19-13-26-23(30)21-11-18(14-28(19)21)25-12-16-4-6-17(24)7-5-16/h4-7,18-21,25H,2-3,8-15H2,1H3,(H,26,30)/t18-,19-,20-,21+/m0/s1. The molecule has 2 amide bonds. The van der Waals surface area contributed by atoms with Crippen molar-refractivity contribution in [3.05, 3.63) is 35.6 Å². The Labute approximate surface area is 183 Å². The molecule has 3 saturated heterocycles. The summed E-state index contributed by atoms with van der Waals surface area (Å²) in [5.41, 5.74) is 1.02. The third kappa shape index (κ3) is 5.25. The predicted molar refractivity (Wildman–Crippen MR) is 115 cm³/mol. The normalized spacial score (nSPS) is 28.6. The van der Waals surface area contributed by atoms with Crippen molar-refractivity contribution in [3.63, 3.8) is 0 Å². The lowest BCUT2D eigenvalue weighted by molar-refractivity contribution is -0.133. The largest absolute Gasteiger partial charge is 0.383 e. The van der Waals surface area contributed by atoms with E-state index in [-0.39, 0.29) is 41.8 Å². The van der Waals surface area contributed by atoms with Crippen LogP contribution in [-0.2, 0) is 20.9 Å². The van der Waals surface area contributed by atoms with E-state index in [1.54, 1.807) is 19.2 Å². The summed E-state index contributed by atoms with van der Waals surface area (Å²) < 4.78 is 18.4. The van der Waals surface area contributed by atoms with Gasteiger partial charge in [-0.2, -0.15) is 0 Å². The van der Waals surface area contributed by atoms with Crippen molar-refractivity contribution < 1.29 is 18.7 Å². The van der Waals surface area contributed by atoms with Crippen molar-refractivity contribution >= 4 is 11.8 Å². The Morgan fingerprint density at radius 2 is 2.10 bits per heavy atom. The lowest BCUT2D eigenvalue weighted by Gasteiger charge is -2.37. The molecule has 0 radical (unpaired) electrons. The fraction of sp³-hybridized carbons (Fsp3) is 0.652. The van der Waals surface area contributed by atoms with Gasteiger partial charge in [-0.05, 0) is 43.4 Å². The Morgan fingerprint density at radius 1 is 1.29 bits per heavy atom. The molecule has 31 heavy (non-hydrogen) atoms. The molecule has 170 valence electrons. The van der Waals surface area contributed by atoms with E-state index in [1.165, 1.54) is 12.1 Å². The van der Waals surface area contributed by atoms with Crippen LogP contribution in [0.15, 0.2) is 24.3 Å². The first-order chi connectivity index (χ1) is 15.0. The molecule has 1 aromatic carbocycles. The van der Waals surface area contributed by atoms with Gasteiger partial charge in [0.2, 0.25) is 11.8 Å². The van der Waals surface area contributed by atoms with Crippen molar-refractivity contribution in [3.8, 4) is 0 Å². The molecule has 3 heterocycles. The monoisotopic (exact) mass is 432 g/mol. The number of amides is 2. The van der Waals surface area contributed by atoms with E-state index in [4.69, 9.17) is 4.74 Å². The molecular formula is C23H33FN4O3. The number of benzene rings is 1. The van der Waals surface area contributed by atoms with Crippen molar-refractivity contribution in [1.82, 2.24) is 20.4 Å². The molecule has 7 nitrogen and oxygen atoms in total. The van der Waals surface area contributed by atoms with Crippen molar-refractivity contribution in [2.24, 2.45) is 0 Å². The Morgan fingerprint density at radius 3 is 2.87 bits per heavy atom. The third-order valence-electron chi connectivity index (χ3n) is 6.88. The van der Waals surface area contributed by atoms with Crippen molar-refractivity contribution in [1.29, 1.82) is 0 Å². The molecular weight excluding hydrogens is 399 g/mol. The molecule has 8 heteroatoms. The highest BCUT2D eigenvalue weighted by molar-refractivity contribution is 5.83. The number of piperazine rings is 1. The summed E-state index contributed by atoms with van der Waals surface area (Å²) in [6.07, 6.45) is 4.04. The third-order valence-corrected chi connectivity index (χ3v) is 6.88.